The molecule has 0 saturated carbocycles. The molecule has 1 aromatic rings. The van der Waals surface area contributed by atoms with Gasteiger partial charge in [-0.2, -0.15) is 0 Å². The molecule has 0 amide bonds. The number of carbonyl (C=O) groups excluding carboxylic acids is 1. The van der Waals surface area contributed by atoms with Gasteiger partial charge in [0.1, 0.15) is 11.3 Å². The Morgan fingerprint density at radius 3 is 2.44 bits per heavy atom. The number of hydrogen-bond acceptors (Lipinski definition) is 5. The molecule has 0 aliphatic rings. The third kappa shape index (κ3) is 2.09. The Bertz CT molecular complexity index is 401. The van der Waals surface area contributed by atoms with Crippen molar-refractivity contribution >= 4 is 5.78 Å². The zero-order chi connectivity index (χ0) is 12.3. The smallest absolute Gasteiger partial charge is 0.186 e. The van der Waals surface area contributed by atoms with Gasteiger partial charge < -0.3 is 20.3 Å². The van der Waals surface area contributed by atoms with Gasteiger partial charge in [-0.05, 0) is 19.1 Å². The van der Waals surface area contributed by atoms with Crippen molar-refractivity contribution in [3.63, 3.8) is 0 Å². The van der Waals surface area contributed by atoms with E-state index in [-0.39, 0.29) is 17.1 Å². The van der Waals surface area contributed by atoms with Gasteiger partial charge in [0.25, 0.3) is 0 Å². The van der Waals surface area contributed by atoms with Crippen molar-refractivity contribution < 1.29 is 19.4 Å². The minimum absolute atomic E-state index is 0.0526. The summed E-state index contributed by atoms with van der Waals surface area (Å²) < 4.78 is 10.1. The van der Waals surface area contributed by atoms with Crippen molar-refractivity contribution in [3.8, 4) is 17.2 Å². The van der Waals surface area contributed by atoms with Crippen LogP contribution in [0.2, 0.25) is 0 Å². The number of hydrogen-bond donors (Lipinski definition) is 2. The highest BCUT2D eigenvalue weighted by molar-refractivity contribution is 6.05. The third-order valence-corrected chi connectivity index (χ3v) is 2.18. The predicted molar refractivity (Wildman–Crippen MR) is 59.2 cm³/mol. The van der Waals surface area contributed by atoms with Crippen LogP contribution in [0.3, 0.4) is 0 Å². The van der Waals surface area contributed by atoms with Crippen LogP contribution in [-0.4, -0.2) is 31.2 Å². The molecule has 0 bridgehead atoms. The fraction of sp³-hybridized carbons (Fsp3) is 0.364. The fourth-order valence-electron chi connectivity index (χ4n) is 1.38. The molecule has 1 atom stereocenters. The molecule has 1 aromatic carbocycles. The SMILES string of the molecule is COc1ccc(O)c(C(=O)C(C)N)c1OC. The lowest BCUT2D eigenvalue weighted by molar-refractivity contribution is 0.0961. The van der Waals surface area contributed by atoms with E-state index in [4.69, 9.17) is 15.2 Å². The highest BCUT2D eigenvalue weighted by Crippen LogP contribution is 2.37. The molecule has 0 spiro atoms. The Hall–Kier alpha value is -1.75. The summed E-state index contributed by atoms with van der Waals surface area (Å²) in [6, 6.07) is 2.18. The molecular weight excluding hydrogens is 210 g/mol. The monoisotopic (exact) mass is 225 g/mol. The van der Waals surface area contributed by atoms with E-state index in [0.29, 0.717) is 5.75 Å². The molecule has 0 saturated heterocycles. The van der Waals surface area contributed by atoms with Gasteiger partial charge in [0.2, 0.25) is 0 Å². The van der Waals surface area contributed by atoms with Gasteiger partial charge in [0.15, 0.2) is 17.3 Å². The number of phenolic OH excluding ortho intramolecular Hbond substituents is 1. The lowest BCUT2D eigenvalue weighted by Crippen LogP contribution is -2.27. The Balaban J connectivity index is 3.40. The molecule has 1 rings (SSSR count). The first-order valence-electron chi connectivity index (χ1n) is 4.76. The number of phenols is 1. The summed E-state index contributed by atoms with van der Waals surface area (Å²) in [6.45, 7) is 1.54. The summed E-state index contributed by atoms with van der Waals surface area (Å²) in [7, 11) is 2.85. The summed E-state index contributed by atoms with van der Waals surface area (Å²) in [5.41, 5.74) is 5.55. The maximum absolute atomic E-state index is 11.8. The van der Waals surface area contributed by atoms with Crippen molar-refractivity contribution in [2.45, 2.75) is 13.0 Å². The van der Waals surface area contributed by atoms with Crippen LogP contribution in [0.5, 0.6) is 17.2 Å². The maximum Gasteiger partial charge on any atom is 0.186 e. The van der Waals surface area contributed by atoms with Crippen LogP contribution in [0.15, 0.2) is 12.1 Å². The Labute approximate surface area is 93.8 Å². The largest absolute Gasteiger partial charge is 0.507 e. The topological polar surface area (TPSA) is 81.8 Å². The standard InChI is InChI=1S/C11H15NO4/c1-6(12)10(14)9-7(13)4-5-8(15-2)11(9)16-3/h4-6,13H,12H2,1-3H3. The Kier molecular flexibility index (Phi) is 3.73. The average molecular weight is 225 g/mol. The number of ketones is 1. The van der Waals surface area contributed by atoms with Crippen molar-refractivity contribution in [1.29, 1.82) is 0 Å². The summed E-state index contributed by atoms with van der Waals surface area (Å²) in [5.74, 6) is 0.0160. The van der Waals surface area contributed by atoms with E-state index in [1.54, 1.807) is 6.92 Å². The number of carbonyl (C=O) groups is 1. The molecule has 5 nitrogen and oxygen atoms in total. The first-order valence-corrected chi connectivity index (χ1v) is 4.76. The molecule has 0 aliphatic heterocycles. The van der Waals surface area contributed by atoms with Crippen LogP contribution >= 0.6 is 0 Å². The number of rotatable bonds is 4. The van der Waals surface area contributed by atoms with Crippen molar-refractivity contribution in [2.75, 3.05) is 14.2 Å². The van der Waals surface area contributed by atoms with Crippen LogP contribution in [0.1, 0.15) is 17.3 Å². The first kappa shape index (κ1) is 12.3. The summed E-state index contributed by atoms with van der Waals surface area (Å²) in [4.78, 5) is 11.8. The molecule has 3 N–H and O–H groups in total. The second-order valence-corrected chi connectivity index (χ2v) is 3.35. The van der Waals surface area contributed by atoms with E-state index in [1.165, 1.54) is 26.4 Å². The van der Waals surface area contributed by atoms with E-state index < -0.39 is 11.8 Å². The number of benzene rings is 1. The molecule has 16 heavy (non-hydrogen) atoms. The minimum Gasteiger partial charge on any atom is -0.507 e. The van der Waals surface area contributed by atoms with E-state index in [2.05, 4.69) is 0 Å². The molecule has 88 valence electrons. The molecule has 0 aliphatic carbocycles. The first-order chi connectivity index (χ1) is 7.52. The van der Waals surface area contributed by atoms with E-state index in [1.807, 2.05) is 0 Å². The number of nitrogens with two attached hydrogens (primary N) is 1. The molecular formula is C11H15NO4. The van der Waals surface area contributed by atoms with Gasteiger partial charge in [-0.3, -0.25) is 4.79 Å². The zero-order valence-electron chi connectivity index (χ0n) is 9.48. The fourth-order valence-corrected chi connectivity index (χ4v) is 1.38. The second kappa shape index (κ2) is 4.85. The van der Waals surface area contributed by atoms with Crippen LogP contribution in [0.25, 0.3) is 0 Å². The third-order valence-electron chi connectivity index (χ3n) is 2.18. The molecule has 5 heteroatoms. The normalized spacial score (nSPS) is 12.0. The van der Waals surface area contributed by atoms with Gasteiger partial charge in [-0.15, -0.1) is 0 Å². The second-order valence-electron chi connectivity index (χ2n) is 3.35. The molecule has 0 radical (unpaired) electrons. The lowest BCUT2D eigenvalue weighted by atomic mass is 10.0. The molecule has 0 aromatic heterocycles. The van der Waals surface area contributed by atoms with E-state index >= 15 is 0 Å². The minimum atomic E-state index is -0.716. The lowest BCUT2D eigenvalue weighted by Gasteiger charge is -2.14. The van der Waals surface area contributed by atoms with Crippen molar-refractivity contribution in [2.24, 2.45) is 5.73 Å². The van der Waals surface area contributed by atoms with Crippen molar-refractivity contribution in [3.05, 3.63) is 17.7 Å². The highest BCUT2D eigenvalue weighted by Gasteiger charge is 2.23. The van der Waals surface area contributed by atoms with E-state index in [0.717, 1.165) is 0 Å². The van der Waals surface area contributed by atoms with Crippen LogP contribution < -0.4 is 15.2 Å². The van der Waals surface area contributed by atoms with Crippen LogP contribution in [0, 0.1) is 0 Å². The van der Waals surface area contributed by atoms with Crippen LogP contribution in [-0.2, 0) is 0 Å². The quantitative estimate of drug-likeness (QED) is 0.745. The van der Waals surface area contributed by atoms with E-state index in [9.17, 15) is 9.90 Å². The zero-order valence-corrected chi connectivity index (χ0v) is 9.48. The molecule has 1 unspecified atom stereocenters. The summed E-state index contributed by atoms with van der Waals surface area (Å²) >= 11 is 0. The van der Waals surface area contributed by atoms with Gasteiger partial charge in [0, 0.05) is 0 Å². The number of methoxy groups -OCH3 is 2. The van der Waals surface area contributed by atoms with Gasteiger partial charge in [0.05, 0.1) is 20.3 Å². The number of Topliss-reactive ketones (excluding diaryl/α,β-unsaturated/α-hetero) is 1. The molecule has 0 heterocycles. The Morgan fingerprint density at radius 2 is 2.00 bits per heavy atom. The van der Waals surface area contributed by atoms with Crippen molar-refractivity contribution in [1.82, 2.24) is 0 Å². The highest BCUT2D eigenvalue weighted by atomic mass is 16.5. The number of ether oxygens (including phenoxy) is 2. The predicted octanol–water partition coefficient (Wildman–Crippen LogP) is 0.939. The van der Waals surface area contributed by atoms with Crippen LogP contribution in [0.4, 0.5) is 0 Å². The van der Waals surface area contributed by atoms with Gasteiger partial charge in [-0.1, -0.05) is 0 Å². The van der Waals surface area contributed by atoms with Gasteiger partial charge in [-0.25, -0.2) is 0 Å². The molecule has 0 fully saturated rings. The Morgan fingerprint density at radius 1 is 1.38 bits per heavy atom. The number of aromatic hydroxyl groups is 1. The van der Waals surface area contributed by atoms with Gasteiger partial charge >= 0.3 is 0 Å². The summed E-state index contributed by atoms with van der Waals surface area (Å²) in [6.07, 6.45) is 0. The maximum atomic E-state index is 11.8. The average Bonchev–Trinajstić information content (AvgIpc) is 2.27. The summed E-state index contributed by atoms with van der Waals surface area (Å²) in [5, 5.41) is 9.65.